The predicted octanol–water partition coefficient (Wildman–Crippen LogP) is 0.888. The van der Waals surface area contributed by atoms with Crippen LogP contribution < -0.4 is 4.72 Å². The molecule has 0 unspecified atom stereocenters. The van der Waals surface area contributed by atoms with Crippen LogP contribution in [0.25, 0.3) is 0 Å². The van der Waals surface area contributed by atoms with E-state index in [0.717, 1.165) is 18.2 Å². The SMILES string of the molecule is O=S(=O)(F)c1cccc(S(=O)(=O)NCC(F)F)c1. The van der Waals surface area contributed by atoms with Crippen molar-refractivity contribution >= 4 is 20.2 Å². The number of nitrogens with one attached hydrogen (secondary N) is 1. The molecular weight excluding hydrogens is 295 g/mol. The van der Waals surface area contributed by atoms with Crippen LogP contribution in [0.5, 0.6) is 0 Å². The Bertz CT molecular complexity index is 627. The summed E-state index contributed by atoms with van der Waals surface area (Å²) in [6.07, 6.45) is -2.90. The van der Waals surface area contributed by atoms with Crippen LogP contribution in [0.15, 0.2) is 34.1 Å². The minimum Gasteiger partial charge on any atom is -0.209 e. The lowest BCUT2D eigenvalue weighted by Gasteiger charge is -2.06. The number of alkyl halides is 2. The quantitative estimate of drug-likeness (QED) is 0.819. The number of sulfonamides is 1. The smallest absolute Gasteiger partial charge is 0.209 e. The highest BCUT2D eigenvalue weighted by Gasteiger charge is 2.19. The number of rotatable bonds is 5. The standard InChI is InChI=1S/C8H8F3NO4S2/c9-8(10)5-12-18(15,16)7-3-1-2-6(4-7)17(11,13)14/h1-4,8,12H,5H2. The molecule has 1 N–H and O–H groups in total. The first-order valence-electron chi connectivity index (χ1n) is 4.45. The van der Waals surface area contributed by atoms with Gasteiger partial charge in [-0.1, -0.05) is 6.07 Å². The van der Waals surface area contributed by atoms with Gasteiger partial charge in [-0.05, 0) is 18.2 Å². The van der Waals surface area contributed by atoms with Gasteiger partial charge in [0.05, 0.1) is 16.3 Å². The Hall–Kier alpha value is -1.13. The van der Waals surface area contributed by atoms with Crippen molar-refractivity contribution in [3.05, 3.63) is 24.3 Å². The van der Waals surface area contributed by atoms with Gasteiger partial charge in [0.1, 0.15) is 0 Å². The number of benzene rings is 1. The van der Waals surface area contributed by atoms with Crippen LogP contribution in [0, 0.1) is 0 Å². The summed E-state index contributed by atoms with van der Waals surface area (Å²) in [6.45, 7) is -1.12. The van der Waals surface area contributed by atoms with E-state index in [9.17, 15) is 29.5 Å². The lowest BCUT2D eigenvalue weighted by Crippen LogP contribution is -2.28. The van der Waals surface area contributed by atoms with Gasteiger partial charge in [0.2, 0.25) is 10.0 Å². The van der Waals surface area contributed by atoms with Crippen molar-refractivity contribution in [1.82, 2.24) is 4.72 Å². The van der Waals surface area contributed by atoms with Crippen LogP contribution in [0.1, 0.15) is 0 Å². The van der Waals surface area contributed by atoms with Gasteiger partial charge in [-0.3, -0.25) is 0 Å². The predicted molar refractivity (Wildman–Crippen MR) is 55.9 cm³/mol. The Morgan fingerprint density at radius 2 is 1.67 bits per heavy atom. The number of hydrogen-bond donors (Lipinski definition) is 1. The third-order valence-corrected chi connectivity index (χ3v) is 4.06. The average Bonchev–Trinajstić information content (AvgIpc) is 2.26. The van der Waals surface area contributed by atoms with Crippen LogP contribution in [-0.2, 0) is 20.2 Å². The van der Waals surface area contributed by atoms with E-state index in [1.54, 1.807) is 4.72 Å². The number of hydrogen-bond acceptors (Lipinski definition) is 4. The van der Waals surface area contributed by atoms with Crippen molar-refractivity contribution in [3.63, 3.8) is 0 Å². The highest BCUT2D eigenvalue weighted by Crippen LogP contribution is 2.17. The minimum atomic E-state index is -5.06. The molecule has 0 saturated carbocycles. The average molecular weight is 303 g/mol. The molecule has 0 amide bonds. The first-order chi connectivity index (χ1) is 8.13. The van der Waals surface area contributed by atoms with Gasteiger partial charge in [-0.2, -0.15) is 8.42 Å². The molecule has 10 heteroatoms. The molecule has 0 fully saturated rings. The Morgan fingerprint density at radius 3 is 2.17 bits per heavy atom. The zero-order chi connectivity index (χ0) is 14.0. The van der Waals surface area contributed by atoms with E-state index in [1.807, 2.05) is 0 Å². The second-order valence-electron chi connectivity index (χ2n) is 3.16. The summed E-state index contributed by atoms with van der Waals surface area (Å²) in [5, 5.41) is 0. The van der Waals surface area contributed by atoms with Crippen LogP contribution in [0.2, 0.25) is 0 Å². The van der Waals surface area contributed by atoms with Crippen LogP contribution in [-0.4, -0.2) is 29.8 Å². The van der Waals surface area contributed by atoms with Gasteiger partial charge in [0.15, 0.2) is 0 Å². The molecule has 0 aliphatic carbocycles. The second kappa shape index (κ2) is 5.24. The topological polar surface area (TPSA) is 80.3 Å². The summed E-state index contributed by atoms with van der Waals surface area (Å²) in [4.78, 5) is -1.47. The molecule has 0 saturated heterocycles. The zero-order valence-electron chi connectivity index (χ0n) is 8.68. The molecule has 0 aliphatic heterocycles. The van der Waals surface area contributed by atoms with Gasteiger partial charge in [0, 0.05) is 0 Å². The third kappa shape index (κ3) is 3.96. The fourth-order valence-corrected chi connectivity index (χ4v) is 2.68. The molecule has 1 aromatic rings. The summed E-state index contributed by atoms with van der Waals surface area (Å²) >= 11 is 0. The van der Waals surface area contributed by atoms with Crippen molar-refractivity contribution in [2.45, 2.75) is 16.2 Å². The molecule has 0 bridgehead atoms. The molecule has 0 aliphatic rings. The summed E-state index contributed by atoms with van der Waals surface area (Å²) < 4.78 is 82.0. The van der Waals surface area contributed by atoms with Crippen LogP contribution >= 0.6 is 0 Å². The Balaban J connectivity index is 3.11. The van der Waals surface area contributed by atoms with E-state index in [1.165, 1.54) is 0 Å². The van der Waals surface area contributed by atoms with E-state index < -0.39 is 43.0 Å². The second-order valence-corrected chi connectivity index (χ2v) is 6.27. The zero-order valence-corrected chi connectivity index (χ0v) is 10.3. The molecule has 0 aromatic heterocycles. The normalized spacial score (nSPS) is 12.9. The van der Waals surface area contributed by atoms with E-state index in [-0.39, 0.29) is 0 Å². The maximum Gasteiger partial charge on any atom is 0.332 e. The molecular formula is C8H8F3NO4S2. The van der Waals surface area contributed by atoms with Gasteiger partial charge < -0.3 is 0 Å². The highest BCUT2D eigenvalue weighted by atomic mass is 32.3. The fraction of sp³-hybridized carbons (Fsp3) is 0.250. The summed E-state index contributed by atoms with van der Waals surface area (Å²) in [5.74, 6) is 0. The summed E-state index contributed by atoms with van der Waals surface area (Å²) in [6, 6.07) is 3.34. The van der Waals surface area contributed by atoms with Crippen molar-refractivity contribution in [2.24, 2.45) is 0 Å². The van der Waals surface area contributed by atoms with Crippen LogP contribution in [0.3, 0.4) is 0 Å². The first-order valence-corrected chi connectivity index (χ1v) is 7.32. The van der Waals surface area contributed by atoms with Crippen molar-refractivity contribution in [1.29, 1.82) is 0 Å². The van der Waals surface area contributed by atoms with Gasteiger partial charge >= 0.3 is 10.2 Å². The lowest BCUT2D eigenvalue weighted by molar-refractivity contribution is 0.153. The first kappa shape index (κ1) is 14.9. The van der Waals surface area contributed by atoms with E-state index >= 15 is 0 Å². The third-order valence-electron chi connectivity index (χ3n) is 1.82. The molecule has 1 aromatic carbocycles. The number of halogens is 3. The lowest BCUT2D eigenvalue weighted by atomic mass is 10.4. The molecule has 0 spiro atoms. The van der Waals surface area contributed by atoms with Crippen molar-refractivity contribution in [3.8, 4) is 0 Å². The molecule has 1 rings (SSSR count). The molecule has 5 nitrogen and oxygen atoms in total. The fourth-order valence-electron chi connectivity index (χ4n) is 1.05. The molecule has 0 radical (unpaired) electrons. The van der Waals surface area contributed by atoms with E-state index in [0.29, 0.717) is 6.07 Å². The van der Waals surface area contributed by atoms with Crippen molar-refractivity contribution in [2.75, 3.05) is 6.54 Å². The van der Waals surface area contributed by atoms with E-state index in [4.69, 9.17) is 0 Å². The Morgan fingerprint density at radius 1 is 1.11 bits per heavy atom. The van der Waals surface area contributed by atoms with Gasteiger partial charge in [0.25, 0.3) is 6.43 Å². The minimum absolute atomic E-state index is 0.545. The Labute approximate surface area is 102 Å². The monoisotopic (exact) mass is 303 g/mol. The molecule has 18 heavy (non-hydrogen) atoms. The highest BCUT2D eigenvalue weighted by molar-refractivity contribution is 7.89. The maximum atomic E-state index is 12.6. The largest absolute Gasteiger partial charge is 0.332 e. The van der Waals surface area contributed by atoms with Crippen molar-refractivity contribution < 1.29 is 29.5 Å². The summed E-state index contributed by atoms with van der Waals surface area (Å²) in [7, 11) is -9.36. The molecule has 102 valence electrons. The van der Waals surface area contributed by atoms with Gasteiger partial charge in [-0.25, -0.2) is 21.9 Å². The summed E-state index contributed by atoms with van der Waals surface area (Å²) in [5.41, 5.74) is 0. The molecule has 0 heterocycles. The van der Waals surface area contributed by atoms with Gasteiger partial charge in [-0.15, -0.1) is 3.89 Å². The van der Waals surface area contributed by atoms with Crippen LogP contribution in [0.4, 0.5) is 12.7 Å². The Kier molecular flexibility index (Phi) is 4.35. The maximum absolute atomic E-state index is 12.6. The van der Waals surface area contributed by atoms with E-state index in [2.05, 4.69) is 0 Å². The molecule has 0 atom stereocenters.